The molecule has 16 heavy (non-hydrogen) atoms. The van der Waals surface area contributed by atoms with Crippen molar-refractivity contribution in [3.05, 3.63) is 35.6 Å². The van der Waals surface area contributed by atoms with E-state index in [2.05, 4.69) is 0 Å². The standard InChI is InChI=1S/C13H19F2N/c1-12(2,3)13(15,9-16)8-10-5-4-6-11(14)7-10/h4-7H,8-9,16H2,1-3H3. The van der Waals surface area contributed by atoms with Crippen molar-refractivity contribution in [3.8, 4) is 0 Å². The zero-order valence-electron chi connectivity index (χ0n) is 10.1. The van der Waals surface area contributed by atoms with Crippen LogP contribution in [0.4, 0.5) is 8.78 Å². The van der Waals surface area contributed by atoms with E-state index in [0.717, 1.165) is 0 Å². The second-order valence-electron chi connectivity index (χ2n) is 5.23. The summed E-state index contributed by atoms with van der Waals surface area (Å²) in [4.78, 5) is 0. The van der Waals surface area contributed by atoms with Crippen molar-refractivity contribution in [1.29, 1.82) is 0 Å². The van der Waals surface area contributed by atoms with Gasteiger partial charge in [-0.05, 0) is 23.1 Å². The van der Waals surface area contributed by atoms with Crippen LogP contribution in [0.15, 0.2) is 24.3 Å². The first-order valence-corrected chi connectivity index (χ1v) is 5.42. The molecule has 0 aliphatic carbocycles. The van der Waals surface area contributed by atoms with Crippen LogP contribution >= 0.6 is 0 Å². The molecule has 0 saturated heterocycles. The lowest BCUT2D eigenvalue weighted by Crippen LogP contribution is -2.47. The molecule has 0 spiro atoms. The Labute approximate surface area is 95.7 Å². The molecule has 0 heterocycles. The van der Waals surface area contributed by atoms with Gasteiger partial charge in [0.15, 0.2) is 0 Å². The summed E-state index contributed by atoms with van der Waals surface area (Å²) in [5.41, 5.74) is 4.08. The minimum absolute atomic E-state index is 0.0625. The molecule has 0 aromatic heterocycles. The molecule has 0 radical (unpaired) electrons. The quantitative estimate of drug-likeness (QED) is 0.843. The first kappa shape index (κ1) is 13.1. The number of benzene rings is 1. The second-order valence-corrected chi connectivity index (χ2v) is 5.23. The third-order valence-electron chi connectivity index (χ3n) is 3.04. The van der Waals surface area contributed by atoms with Crippen molar-refractivity contribution >= 4 is 0 Å². The number of nitrogens with two attached hydrogens (primary N) is 1. The normalized spacial score (nSPS) is 15.9. The van der Waals surface area contributed by atoms with Crippen molar-refractivity contribution in [1.82, 2.24) is 0 Å². The largest absolute Gasteiger partial charge is 0.327 e. The highest BCUT2D eigenvalue weighted by Gasteiger charge is 2.41. The first-order valence-electron chi connectivity index (χ1n) is 5.42. The van der Waals surface area contributed by atoms with E-state index >= 15 is 0 Å². The molecule has 0 amide bonds. The summed E-state index contributed by atoms with van der Waals surface area (Å²) in [6.45, 7) is 5.35. The molecule has 3 heteroatoms. The average Bonchev–Trinajstić information content (AvgIpc) is 2.15. The molecule has 0 fully saturated rings. The Bertz CT molecular complexity index is 357. The Hall–Kier alpha value is -0.960. The molecule has 0 bridgehead atoms. The fourth-order valence-corrected chi connectivity index (χ4v) is 1.61. The van der Waals surface area contributed by atoms with Crippen molar-refractivity contribution in [2.75, 3.05) is 6.54 Å². The smallest absolute Gasteiger partial charge is 0.132 e. The Kier molecular flexibility index (Phi) is 3.68. The Morgan fingerprint density at radius 2 is 1.88 bits per heavy atom. The molecular formula is C13H19F2N. The van der Waals surface area contributed by atoms with E-state index in [1.54, 1.807) is 32.9 Å². The summed E-state index contributed by atoms with van der Waals surface area (Å²) < 4.78 is 27.6. The van der Waals surface area contributed by atoms with Crippen LogP contribution in [0.1, 0.15) is 26.3 Å². The van der Waals surface area contributed by atoms with Gasteiger partial charge in [-0.25, -0.2) is 8.78 Å². The van der Waals surface area contributed by atoms with E-state index < -0.39 is 11.1 Å². The number of hydrogen-bond acceptors (Lipinski definition) is 1. The van der Waals surface area contributed by atoms with E-state index in [0.29, 0.717) is 5.56 Å². The minimum atomic E-state index is -1.51. The van der Waals surface area contributed by atoms with Crippen LogP contribution < -0.4 is 5.73 Å². The highest BCUT2D eigenvalue weighted by Crippen LogP contribution is 2.36. The maximum absolute atomic E-state index is 14.6. The van der Waals surface area contributed by atoms with Crippen LogP contribution in [0.2, 0.25) is 0 Å². The number of alkyl halides is 1. The van der Waals surface area contributed by atoms with Gasteiger partial charge < -0.3 is 5.73 Å². The van der Waals surface area contributed by atoms with Crippen molar-refractivity contribution in [2.45, 2.75) is 32.9 Å². The minimum Gasteiger partial charge on any atom is -0.327 e. The summed E-state index contributed by atoms with van der Waals surface area (Å²) in [7, 11) is 0. The lowest BCUT2D eigenvalue weighted by atomic mass is 9.74. The molecule has 1 aromatic carbocycles. The van der Waals surface area contributed by atoms with Gasteiger partial charge in [0.05, 0.1) is 0 Å². The van der Waals surface area contributed by atoms with Gasteiger partial charge in [-0.1, -0.05) is 32.9 Å². The molecule has 1 aromatic rings. The molecule has 90 valence electrons. The lowest BCUT2D eigenvalue weighted by molar-refractivity contribution is 0.0382. The Balaban J connectivity index is 2.94. The third kappa shape index (κ3) is 2.79. The van der Waals surface area contributed by atoms with Gasteiger partial charge in [0.2, 0.25) is 0 Å². The van der Waals surface area contributed by atoms with Crippen LogP contribution in [-0.4, -0.2) is 12.2 Å². The predicted octanol–water partition coefficient (Wildman–Crippen LogP) is 3.08. The average molecular weight is 227 g/mol. The van der Waals surface area contributed by atoms with Gasteiger partial charge in [-0.2, -0.15) is 0 Å². The highest BCUT2D eigenvalue weighted by atomic mass is 19.1. The second kappa shape index (κ2) is 4.50. The van der Waals surface area contributed by atoms with Crippen LogP contribution in [-0.2, 0) is 6.42 Å². The first-order chi connectivity index (χ1) is 7.28. The maximum atomic E-state index is 14.6. The van der Waals surface area contributed by atoms with Gasteiger partial charge >= 0.3 is 0 Å². The summed E-state index contributed by atoms with van der Waals surface area (Å²) in [5.74, 6) is -0.342. The van der Waals surface area contributed by atoms with Gasteiger partial charge in [-0.3, -0.25) is 0 Å². The molecule has 0 aliphatic rings. The SMILES string of the molecule is CC(C)(C)C(F)(CN)Cc1cccc(F)c1. The van der Waals surface area contributed by atoms with Crippen molar-refractivity contribution in [2.24, 2.45) is 11.1 Å². The van der Waals surface area contributed by atoms with Crippen molar-refractivity contribution < 1.29 is 8.78 Å². The number of hydrogen-bond donors (Lipinski definition) is 1. The fourth-order valence-electron chi connectivity index (χ4n) is 1.61. The lowest BCUT2D eigenvalue weighted by Gasteiger charge is -2.37. The monoisotopic (exact) mass is 227 g/mol. The topological polar surface area (TPSA) is 26.0 Å². The molecule has 1 rings (SSSR count). The Morgan fingerprint density at radius 1 is 1.25 bits per heavy atom. The van der Waals surface area contributed by atoms with Gasteiger partial charge in [-0.15, -0.1) is 0 Å². The number of halogens is 2. The van der Waals surface area contributed by atoms with Crippen molar-refractivity contribution in [3.63, 3.8) is 0 Å². The Morgan fingerprint density at radius 3 is 2.31 bits per heavy atom. The molecule has 1 nitrogen and oxygen atoms in total. The van der Waals surface area contributed by atoms with E-state index in [1.165, 1.54) is 12.1 Å². The molecule has 1 atom stereocenters. The molecule has 0 saturated carbocycles. The van der Waals surface area contributed by atoms with Crippen LogP contribution in [0.3, 0.4) is 0 Å². The molecule has 0 aliphatic heterocycles. The maximum Gasteiger partial charge on any atom is 0.132 e. The molecular weight excluding hydrogens is 208 g/mol. The summed E-state index contributed by atoms with van der Waals surface area (Å²) in [6, 6.07) is 6.02. The zero-order chi connectivity index (χ0) is 12.4. The summed E-state index contributed by atoms with van der Waals surface area (Å²) >= 11 is 0. The summed E-state index contributed by atoms with van der Waals surface area (Å²) in [5, 5.41) is 0. The fraction of sp³-hybridized carbons (Fsp3) is 0.538. The highest BCUT2D eigenvalue weighted by molar-refractivity contribution is 5.19. The zero-order valence-corrected chi connectivity index (χ0v) is 10.1. The van der Waals surface area contributed by atoms with E-state index in [1.807, 2.05) is 0 Å². The van der Waals surface area contributed by atoms with Gasteiger partial charge in [0, 0.05) is 13.0 Å². The van der Waals surface area contributed by atoms with E-state index in [4.69, 9.17) is 5.73 Å². The number of rotatable bonds is 3. The third-order valence-corrected chi connectivity index (χ3v) is 3.04. The van der Waals surface area contributed by atoms with Crippen LogP contribution in [0.25, 0.3) is 0 Å². The van der Waals surface area contributed by atoms with E-state index in [9.17, 15) is 8.78 Å². The molecule has 2 N–H and O–H groups in total. The van der Waals surface area contributed by atoms with Gasteiger partial charge in [0.1, 0.15) is 11.5 Å². The van der Waals surface area contributed by atoms with Crippen LogP contribution in [0.5, 0.6) is 0 Å². The predicted molar refractivity (Wildman–Crippen MR) is 62.5 cm³/mol. The van der Waals surface area contributed by atoms with Crippen LogP contribution in [0, 0.1) is 11.2 Å². The van der Waals surface area contributed by atoms with E-state index in [-0.39, 0.29) is 18.8 Å². The van der Waals surface area contributed by atoms with Gasteiger partial charge in [0.25, 0.3) is 0 Å². The molecule has 1 unspecified atom stereocenters. The summed E-state index contributed by atoms with van der Waals surface area (Å²) in [6.07, 6.45) is 0.144.